The number of benzene rings is 2. The molecule has 0 saturated carbocycles. The molecule has 2 aromatic carbocycles. The van der Waals surface area contributed by atoms with E-state index in [9.17, 15) is 18.0 Å². The molecule has 2 atom stereocenters. The second-order valence-corrected chi connectivity index (χ2v) is 9.93. The van der Waals surface area contributed by atoms with Crippen molar-refractivity contribution in [2.75, 3.05) is 6.54 Å². The van der Waals surface area contributed by atoms with E-state index in [1.165, 1.54) is 18.2 Å². The summed E-state index contributed by atoms with van der Waals surface area (Å²) >= 11 is 11.9. The van der Waals surface area contributed by atoms with Crippen molar-refractivity contribution >= 4 is 51.0 Å². The lowest BCUT2D eigenvalue weighted by molar-refractivity contribution is -0.128. The van der Waals surface area contributed by atoms with E-state index in [0.29, 0.717) is 6.42 Å². The van der Waals surface area contributed by atoms with E-state index >= 15 is 0 Å². The van der Waals surface area contributed by atoms with E-state index < -0.39 is 33.9 Å². The number of rotatable bonds is 13. The topological polar surface area (TPSA) is 192 Å². The fourth-order valence-corrected chi connectivity index (χ4v) is 4.71. The number of hydrogen-bond donors (Lipinski definition) is 7. The number of hydrazine groups is 1. The zero-order valence-corrected chi connectivity index (χ0v) is 20.9. The normalized spacial score (nSPS) is 13.0. The van der Waals surface area contributed by atoms with Gasteiger partial charge in [0.15, 0.2) is 5.96 Å². The van der Waals surface area contributed by atoms with Crippen molar-refractivity contribution in [3.8, 4) is 0 Å². The van der Waals surface area contributed by atoms with Crippen molar-refractivity contribution in [1.29, 1.82) is 5.41 Å². The van der Waals surface area contributed by atoms with E-state index in [-0.39, 0.29) is 40.3 Å². The summed E-state index contributed by atoms with van der Waals surface area (Å²) in [6, 6.07) is 10.9. The molecule has 0 bridgehead atoms. The van der Waals surface area contributed by atoms with Crippen molar-refractivity contribution in [3.05, 3.63) is 64.1 Å². The van der Waals surface area contributed by atoms with Gasteiger partial charge in [0.25, 0.3) is 10.0 Å². The van der Waals surface area contributed by atoms with Crippen molar-refractivity contribution in [2.24, 2.45) is 11.5 Å². The zero-order valence-electron chi connectivity index (χ0n) is 18.6. The Morgan fingerprint density at radius 1 is 1.00 bits per heavy atom. The summed E-state index contributed by atoms with van der Waals surface area (Å²) in [6.45, 7) is 0.261. The second kappa shape index (κ2) is 13.3. The number of halogens is 2. The first-order valence-electron chi connectivity index (χ1n) is 10.4. The number of nitrogens with two attached hydrogens (primary N) is 2. The molecule has 0 spiro atoms. The van der Waals surface area contributed by atoms with Gasteiger partial charge in [0, 0.05) is 13.0 Å². The summed E-state index contributed by atoms with van der Waals surface area (Å²) in [6.07, 6.45) is 0.614. The van der Waals surface area contributed by atoms with Crippen molar-refractivity contribution in [1.82, 2.24) is 20.9 Å². The fourth-order valence-electron chi connectivity index (χ4n) is 3.04. The lowest BCUT2D eigenvalue weighted by Gasteiger charge is -2.22. The quantitative estimate of drug-likeness (QED) is 0.0831. The van der Waals surface area contributed by atoms with Crippen LogP contribution in [-0.2, 0) is 26.0 Å². The van der Waals surface area contributed by atoms with Gasteiger partial charge in [-0.2, -0.15) is 0 Å². The standard InChI is InChI=1S/C21H27Cl2N7O4S/c22-14-8-4-10-17(18(14)23)35(33,34)30-29-15(9-5-11-27-21(25)26)20(32)28-16(19(24)31)12-13-6-2-1-3-7-13/h1-4,6-8,10,15-16,29-30H,5,9,11-12H2,(H2,24,31)(H,28,32)(H4,25,26,27)/t15-,16-/m0/s1. The minimum Gasteiger partial charge on any atom is -0.370 e. The van der Waals surface area contributed by atoms with Crippen LogP contribution in [-0.4, -0.2) is 44.8 Å². The predicted octanol–water partition coefficient (Wildman–Crippen LogP) is 0.621. The summed E-state index contributed by atoms with van der Waals surface area (Å²) in [5, 5.41) is 12.2. The van der Waals surface area contributed by atoms with Gasteiger partial charge >= 0.3 is 0 Å². The largest absolute Gasteiger partial charge is 0.370 e. The van der Waals surface area contributed by atoms with Crippen LogP contribution >= 0.6 is 23.2 Å². The molecule has 0 aromatic heterocycles. The molecule has 2 amide bonds. The van der Waals surface area contributed by atoms with E-state index in [1.807, 2.05) is 6.07 Å². The molecule has 0 heterocycles. The number of nitrogens with one attached hydrogen (secondary N) is 5. The van der Waals surface area contributed by atoms with Crippen LogP contribution in [0.4, 0.5) is 0 Å². The second-order valence-electron chi connectivity index (χ2n) is 7.49. The van der Waals surface area contributed by atoms with Crippen LogP contribution in [0.5, 0.6) is 0 Å². The van der Waals surface area contributed by atoms with E-state index in [0.717, 1.165) is 5.56 Å². The first-order chi connectivity index (χ1) is 16.5. The van der Waals surface area contributed by atoms with E-state index in [2.05, 4.69) is 20.9 Å². The van der Waals surface area contributed by atoms with E-state index in [1.54, 1.807) is 24.3 Å². The number of amides is 2. The van der Waals surface area contributed by atoms with Crippen LogP contribution in [0.25, 0.3) is 0 Å². The average molecular weight is 544 g/mol. The Balaban J connectivity index is 2.15. The average Bonchev–Trinajstić information content (AvgIpc) is 2.80. The highest BCUT2D eigenvalue weighted by atomic mass is 35.5. The fraction of sp³-hybridized carbons (Fsp3) is 0.286. The monoisotopic (exact) mass is 543 g/mol. The third-order valence-electron chi connectivity index (χ3n) is 4.82. The number of hydrogen-bond acceptors (Lipinski definition) is 6. The maximum Gasteiger partial charge on any atom is 0.254 e. The van der Waals surface area contributed by atoms with Crippen LogP contribution in [0.3, 0.4) is 0 Å². The van der Waals surface area contributed by atoms with Crippen molar-refractivity contribution < 1.29 is 18.0 Å². The highest BCUT2D eigenvalue weighted by Gasteiger charge is 2.27. The Morgan fingerprint density at radius 3 is 2.31 bits per heavy atom. The summed E-state index contributed by atoms with van der Waals surface area (Å²) in [7, 11) is -4.20. The number of sulfonamides is 1. The molecule has 0 aliphatic carbocycles. The van der Waals surface area contributed by atoms with Gasteiger partial charge in [-0.15, -0.1) is 4.83 Å². The molecule has 0 radical (unpaired) electrons. The molecular weight excluding hydrogens is 517 g/mol. The van der Waals surface area contributed by atoms with Crippen LogP contribution in [0.2, 0.25) is 10.0 Å². The molecule has 9 N–H and O–H groups in total. The smallest absolute Gasteiger partial charge is 0.254 e. The Labute approximate surface area is 213 Å². The van der Waals surface area contributed by atoms with Gasteiger partial charge in [0.05, 0.1) is 10.0 Å². The number of carbonyl (C=O) groups is 2. The molecule has 0 aliphatic rings. The molecule has 0 saturated heterocycles. The molecule has 11 nitrogen and oxygen atoms in total. The minimum absolute atomic E-state index is 0.0457. The molecule has 0 unspecified atom stereocenters. The highest BCUT2D eigenvalue weighted by molar-refractivity contribution is 7.89. The molecule has 190 valence electrons. The molecule has 35 heavy (non-hydrogen) atoms. The van der Waals surface area contributed by atoms with Gasteiger partial charge in [-0.25, -0.2) is 13.8 Å². The van der Waals surface area contributed by atoms with Gasteiger partial charge in [-0.3, -0.25) is 15.0 Å². The predicted molar refractivity (Wildman–Crippen MR) is 134 cm³/mol. The lowest BCUT2D eigenvalue weighted by atomic mass is 10.0. The third kappa shape index (κ3) is 9.00. The molecule has 0 fully saturated rings. The molecule has 2 rings (SSSR count). The Bertz CT molecular complexity index is 1150. The maximum atomic E-state index is 13.0. The first-order valence-corrected chi connectivity index (χ1v) is 12.7. The third-order valence-corrected chi connectivity index (χ3v) is 7.05. The number of guanidine groups is 1. The van der Waals surface area contributed by atoms with Gasteiger partial charge < -0.3 is 22.1 Å². The SMILES string of the molecule is N=C(N)NCCC[C@H](NNS(=O)(=O)c1cccc(Cl)c1Cl)C(=O)N[C@@H](Cc1ccccc1)C(N)=O. The van der Waals surface area contributed by atoms with Gasteiger partial charge in [-0.1, -0.05) is 59.6 Å². The highest BCUT2D eigenvalue weighted by Crippen LogP contribution is 2.28. The Kier molecular flexibility index (Phi) is 10.7. The summed E-state index contributed by atoms with van der Waals surface area (Å²) in [4.78, 5) is 26.8. The lowest BCUT2D eigenvalue weighted by Crippen LogP contribution is -2.56. The molecule has 14 heteroatoms. The zero-order chi connectivity index (χ0) is 26.0. The van der Waals surface area contributed by atoms with Crippen molar-refractivity contribution in [3.63, 3.8) is 0 Å². The van der Waals surface area contributed by atoms with Gasteiger partial charge in [0.2, 0.25) is 11.8 Å². The van der Waals surface area contributed by atoms with Gasteiger partial charge in [-0.05, 0) is 30.5 Å². The van der Waals surface area contributed by atoms with Crippen molar-refractivity contribution in [2.45, 2.75) is 36.2 Å². The summed E-state index contributed by atoms with van der Waals surface area (Å²) < 4.78 is 25.5. The number of primary amides is 1. The minimum atomic E-state index is -4.20. The molecular formula is C21H27Cl2N7O4S. The van der Waals surface area contributed by atoms with Crippen LogP contribution in [0.1, 0.15) is 18.4 Å². The van der Waals surface area contributed by atoms with E-state index in [4.69, 9.17) is 40.1 Å². The van der Waals surface area contributed by atoms with Gasteiger partial charge in [0.1, 0.15) is 17.0 Å². The summed E-state index contributed by atoms with van der Waals surface area (Å²) in [5.74, 6) is -1.65. The van der Waals surface area contributed by atoms with Crippen LogP contribution < -0.4 is 32.4 Å². The van der Waals surface area contributed by atoms with Crippen LogP contribution in [0.15, 0.2) is 53.4 Å². The Hall–Kier alpha value is -2.90. The molecule has 0 aliphatic heterocycles. The van der Waals surface area contributed by atoms with Crippen LogP contribution in [0, 0.1) is 5.41 Å². The first kappa shape index (κ1) is 28.3. The number of carbonyl (C=O) groups excluding carboxylic acids is 2. The Morgan fingerprint density at radius 2 is 1.69 bits per heavy atom. The summed E-state index contributed by atoms with van der Waals surface area (Å²) in [5.41, 5.74) is 14.0. The molecule has 2 aromatic rings. The maximum absolute atomic E-state index is 13.0.